The molecule has 2 atom stereocenters. The molecule has 0 bridgehead atoms. The summed E-state index contributed by atoms with van der Waals surface area (Å²) in [6, 6.07) is 9.22. The van der Waals surface area contributed by atoms with Gasteiger partial charge in [-0.1, -0.05) is 30.3 Å². The van der Waals surface area contributed by atoms with Gasteiger partial charge in [-0.25, -0.2) is 4.79 Å². The van der Waals surface area contributed by atoms with E-state index in [1.165, 1.54) is 7.11 Å². The van der Waals surface area contributed by atoms with E-state index in [2.05, 4.69) is 4.74 Å². The van der Waals surface area contributed by atoms with E-state index in [0.29, 0.717) is 0 Å². The maximum atomic E-state index is 11.9. The van der Waals surface area contributed by atoms with E-state index in [-0.39, 0.29) is 19.3 Å². The van der Waals surface area contributed by atoms with Crippen LogP contribution in [0.2, 0.25) is 0 Å². The Balaban J connectivity index is 2.19. The van der Waals surface area contributed by atoms with Crippen LogP contribution < -0.4 is 0 Å². The van der Waals surface area contributed by atoms with Crippen LogP contribution in [0, 0.1) is 0 Å². The van der Waals surface area contributed by atoms with Crippen molar-refractivity contribution in [2.24, 2.45) is 0 Å². The minimum atomic E-state index is -1.57. The fraction of sp³-hybridized carbons (Fsp3) is 0.429. The second kappa shape index (κ2) is 5.40. The molecule has 0 radical (unpaired) electrons. The van der Waals surface area contributed by atoms with E-state index in [9.17, 15) is 14.7 Å². The van der Waals surface area contributed by atoms with Crippen LogP contribution in [-0.4, -0.2) is 35.9 Å². The van der Waals surface area contributed by atoms with E-state index < -0.39 is 23.6 Å². The van der Waals surface area contributed by atoms with Crippen molar-refractivity contribution in [2.45, 2.75) is 31.0 Å². The van der Waals surface area contributed by atoms with Crippen LogP contribution in [-0.2, 0) is 25.5 Å². The molecule has 5 nitrogen and oxygen atoms in total. The van der Waals surface area contributed by atoms with Gasteiger partial charge in [-0.2, -0.15) is 0 Å². The Kier molecular flexibility index (Phi) is 3.85. The third kappa shape index (κ3) is 2.61. The average molecular weight is 264 g/mol. The fourth-order valence-corrected chi connectivity index (χ4v) is 2.28. The van der Waals surface area contributed by atoms with E-state index in [1.807, 2.05) is 30.3 Å². The van der Waals surface area contributed by atoms with Crippen LogP contribution in [0.25, 0.3) is 0 Å². The van der Waals surface area contributed by atoms with Gasteiger partial charge >= 0.3 is 11.9 Å². The van der Waals surface area contributed by atoms with Gasteiger partial charge in [-0.15, -0.1) is 0 Å². The highest BCUT2D eigenvalue weighted by Gasteiger charge is 2.53. The summed E-state index contributed by atoms with van der Waals surface area (Å²) in [7, 11) is 1.21. The predicted molar refractivity (Wildman–Crippen MR) is 66.2 cm³/mol. The number of hydrogen-bond donors (Lipinski definition) is 1. The number of hydrogen-bond acceptors (Lipinski definition) is 5. The molecule has 0 saturated carbocycles. The molecule has 1 saturated heterocycles. The van der Waals surface area contributed by atoms with Crippen LogP contribution in [0.1, 0.15) is 18.4 Å². The van der Waals surface area contributed by atoms with Crippen LogP contribution in [0.15, 0.2) is 30.3 Å². The van der Waals surface area contributed by atoms with Gasteiger partial charge in [-0.05, 0) is 5.56 Å². The van der Waals surface area contributed by atoms with Crippen molar-refractivity contribution < 1.29 is 24.2 Å². The average Bonchev–Trinajstić information content (AvgIpc) is 2.82. The SMILES string of the molecule is COC(=O)[C@]1([C@@H](O)Cc2ccccc2)CCC(=O)O1. The lowest BCUT2D eigenvalue weighted by molar-refractivity contribution is -0.184. The van der Waals surface area contributed by atoms with E-state index in [1.54, 1.807) is 0 Å². The van der Waals surface area contributed by atoms with Gasteiger partial charge in [0.2, 0.25) is 5.60 Å². The van der Waals surface area contributed by atoms with Crippen molar-refractivity contribution in [3.05, 3.63) is 35.9 Å². The van der Waals surface area contributed by atoms with Crippen molar-refractivity contribution in [1.82, 2.24) is 0 Å². The lowest BCUT2D eigenvalue weighted by Gasteiger charge is -2.29. The first-order valence-corrected chi connectivity index (χ1v) is 6.11. The number of esters is 2. The normalized spacial score (nSPS) is 23.8. The standard InChI is InChI=1S/C14H16O5/c1-18-13(17)14(8-7-12(16)19-14)11(15)9-10-5-3-2-4-6-10/h2-6,11,15H,7-9H2,1H3/t11-,14+/m0/s1. The molecule has 1 aliphatic rings. The summed E-state index contributed by atoms with van der Waals surface area (Å²) in [6.07, 6.45) is -0.634. The first-order valence-electron chi connectivity index (χ1n) is 6.11. The second-order valence-electron chi connectivity index (χ2n) is 4.56. The molecule has 1 aliphatic heterocycles. The van der Waals surface area contributed by atoms with Crippen molar-refractivity contribution in [3.8, 4) is 0 Å². The molecule has 0 spiro atoms. The summed E-state index contributed by atoms with van der Waals surface area (Å²) >= 11 is 0. The molecule has 1 N–H and O–H groups in total. The minimum Gasteiger partial charge on any atom is -0.466 e. The molecule has 1 fully saturated rings. The Hall–Kier alpha value is -1.88. The van der Waals surface area contributed by atoms with Crippen LogP contribution in [0.3, 0.4) is 0 Å². The second-order valence-corrected chi connectivity index (χ2v) is 4.56. The van der Waals surface area contributed by atoms with Crippen molar-refractivity contribution in [3.63, 3.8) is 0 Å². The highest BCUT2D eigenvalue weighted by Crippen LogP contribution is 2.33. The Morgan fingerprint density at radius 2 is 2.16 bits per heavy atom. The fourth-order valence-electron chi connectivity index (χ4n) is 2.28. The minimum absolute atomic E-state index is 0.112. The largest absolute Gasteiger partial charge is 0.466 e. The molecule has 2 rings (SSSR count). The summed E-state index contributed by atoms with van der Waals surface area (Å²) in [5, 5.41) is 10.3. The number of carbonyl (C=O) groups excluding carboxylic acids is 2. The van der Waals surface area contributed by atoms with Crippen LogP contribution in [0.4, 0.5) is 0 Å². The molecule has 19 heavy (non-hydrogen) atoms. The maximum absolute atomic E-state index is 11.9. The Bertz CT molecular complexity index is 470. The molecule has 0 aliphatic carbocycles. The maximum Gasteiger partial charge on any atom is 0.353 e. The number of ether oxygens (including phenoxy) is 2. The number of aliphatic hydroxyl groups excluding tert-OH is 1. The zero-order chi connectivity index (χ0) is 13.9. The Morgan fingerprint density at radius 3 is 2.68 bits per heavy atom. The topological polar surface area (TPSA) is 72.8 Å². The van der Waals surface area contributed by atoms with Gasteiger partial charge in [-0.3, -0.25) is 4.79 Å². The molecular formula is C14H16O5. The molecule has 102 valence electrons. The molecule has 0 aromatic heterocycles. The summed E-state index contributed by atoms with van der Waals surface area (Å²) in [5.74, 6) is -1.20. The zero-order valence-corrected chi connectivity index (χ0v) is 10.7. The third-order valence-corrected chi connectivity index (χ3v) is 3.34. The van der Waals surface area contributed by atoms with Crippen molar-refractivity contribution in [1.29, 1.82) is 0 Å². The summed E-state index contributed by atoms with van der Waals surface area (Å²) in [6.45, 7) is 0. The highest BCUT2D eigenvalue weighted by molar-refractivity contribution is 5.87. The molecule has 5 heteroatoms. The smallest absolute Gasteiger partial charge is 0.353 e. The summed E-state index contributed by atoms with van der Waals surface area (Å²) < 4.78 is 9.74. The van der Waals surface area contributed by atoms with E-state index >= 15 is 0 Å². The number of carbonyl (C=O) groups is 2. The zero-order valence-electron chi connectivity index (χ0n) is 10.7. The number of benzene rings is 1. The number of rotatable bonds is 4. The predicted octanol–water partition coefficient (Wildman–Crippen LogP) is 0.839. The van der Waals surface area contributed by atoms with Crippen molar-refractivity contribution in [2.75, 3.05) is 7.11 Å². The first kappa shape index (κ1) is 13.5. The van der Waals surface area contributed by atoms with Crippen LogP contribution >= 0.6 is 0 Å². The monoisotopic (exact) mass is 264 g/mol. The quantitative estimate of drug-likeness (QED) is 0.816. The Labute approximate surface area is 111 Å². The lowest BCUT2D eigenvalue weighted by Crippen LogP contribution is -2.51. The van der Waals surface area contributed by atoms with Gasteiger partial charge < -0.3 is 14.6 Å². The first-order chi connectivity index (χ1) is 9.08. The van der Waals surface area contributed by atoms with E-state index in [0.717, 1.165) is 5.56 Å². The van der Waals surface area contributed by atoms with Gasteiger partial charge in [0.15, 0.2) is 0 Å². The van der Waals surface area contributed by atoms with Crippen LogP contribution in [0.5, 0.6) is 0 Å². The van der Waals surface area contributed by atoms with Gasteiger partial charge in [0.1, 0.15) is 6.10 Å². The van der Waals surface area contributed by atoms with E-state index in [4.69, 9.17) is 4.74 Å². The summed E-state index contributed by atoms with van der Waals surface area (Å²) in [4.78, 5) is 23.1. The van der Waals surface area contributed by atoms with Crippen molar-refractivity contribution >= 4 is 11.9 Å². The highest BCUT2D eigenvalue weighted by atomic mass is 16.6. The summed E-state index contributed by atoms with van der Waals surface area (Å²) in [5.41, 5.74) is -0.706. The molecule has 1 aromatic rings. The Morgan fingerprint density at radius 1 is 1.47 bits per heavy atom. The lowest BCUT2D eigenvalue weighted by atomic mass is 9.89. The van der Waals surface area contributed by atoms with Gasteiger partial charge in [0, 0.05) is 12.8 Å². The van der Waals surface area contributed by atoms with Gasteiger partial charge in [0.05, 0.1) is 13.5 Å². The third-order valence-electron chi connectivity index (χ3n) is 3.34. The molecule has 0 unspecified atom stereocenters. The number of cyclic esters (lactones) is 1. The molecule has 1 heterocycles. The number of aliphatic hydroxyl groups is 1. The number of methoxy groups -OCH3 is 1. The molecule has 1 aromatic carbocycles. The molecule has 0 amide bonds. The van der Waals surface area contributed by atoms with Gasteiger partial charge in [0.25, 0.3) is 0 Å². The molecular weight excluding hydrogens is 248 g/mol.